The molecule has 1 unspecified atom stereocenters. The zero-order valence-electron chi connectivity index (χ0n) is 13.8. The number of thioether (sulfide) groups is 1. The molecule has 0 aromatic heterocycles. The summed E-state index contributed by atoms with van der Waals surface area (Å²) >= 11 is 1.60. The summed E-state index contributed by atoms with van der Waals surface area (Å²) in [6.45, 7) is 6.61. The minimum absolute atomic E-state index is 0.0215. The van der Waals surface area contributed by atoms with Crippen LogP contribution < -0.4 is 10.1 Å². The number of aryl methyl sites for hydroxylation is 2. The molecule has 2 aromatic rings. The predicted octanol–water partition coefficient (Wildman–Crippen LogP) is 4.44. The lowest BCUT2D eigenvalue weighted by Gasteiger charge is -2.14. The van der Waals surface area contributed by atoms with Gasteiger partial charge in [-0.05, 0) is 44.0 Å². The highest BCUT2D eigenvalue weighted by Gasteiger charge is 2.13. The monoisotopic (exact) mass is 329 g/mol. The van der Waals surface area contributed by atoms with Crippen molar-refractivity contribution in [1.29, 1.82) is 0 Å². The van der Waals surface area contributed by atoms with Gasteiger partial charge in [-0.2, -0.15) is 0 Å². The number of rotatable bonds is 7. The van der Waals surface area contributed by atoms with Crippen LogP contribution in [0.15, 0.2) is 48.5 Å². The maximum Gasteiger partial charge on any atom is 0.237 e. The molecule has 1 amide bonds. The molecule has 2 rings (SSSR count). The van der Waals surface area contributed by atoms with E-state index in [1.807, 2.05) is 69.3 Å². The van der Waals surface area contributed by atoms with E-state index >= 15 is 0 Å². The lowest BCUT2D eigenvalue weighted by molar-refractivity contribution is -0.115. The molecule has 0 saturated heterocycles. The molecule has 122 valence electrons. The Labute approximate surface area is 142 Å². The van der Waals surface area contributed by atoms with Crippen LogP contribution >= 0.6 is 11.8 Å². The molecular formula is C19H23NO2S. The van der Waals surface area contributed by atoms with Crippen molar-refractivity contribution >= 4 is 23.4 Å². The van der Waals surface area contributed by atoms with Crippen molar-refractivity contribution in [3.05, 3.63) is 59.7 Å². The fourth-order valence-corrected chi connectivity index (χ4v) is 2.98. The number of ether oxygens (including phenoxy) is 1. The summed E-state index contributed by atoms with van der Waals surface area (Å²) in [5.41, 5.74) is 3.12. The maximum atomic E-state index is 12.1. The first-order valence-corrected chi connectivity index (χ1v) is 8.79. The topological polar surface area (TPSA) is 38.3 Å². The Kier molecular flexibility index (Phi) is 6.53. The van der Waals surface area contributed by atoms with Gasteiger partial charge in [-0.25, -0.2) is 0 Å². The van der Waals surface area contributed by atoms with Crippen molar-refractivity contribution in [3.63, 3.8) is 0 Å². The zero-order chi connectivity index (χ0) is 16.7. The molecule has 1 atom stereocenters. The van der Waals surface area contributed by atoms with E-state index in [0.717, 1.165) is 28.3 Å². The first-order chi connectivity index (χ1) is 11.1. The minimum Gasteiger partial charge on any atom is -0.492 e. The summed E-state index contributed by atoms with van der Waals surface area (Å²) in [7, 11) is 0. The van der Waals surface area contributed by atoms with Gasteiger partial charge < -0.3 is 10.1 Å². The molecule has 3 nitrogen and oxygen atoms in total. The quantitative estimate of drug-likeness (QED) is 0.763. The van der Waals surface area contributed by atoms with E-state index in [1.165, 1.54) is 0 Å². The SMILES string of the molecule is Cc1cccc(C)c1OCCSC(C)C(=O)Nc1ccccc1. The Balaban J connectivity index is 1.74. The highest BCUT2D eigenvalue weighted by atomic mass is 32.2. The third kappa shape index (κ3) is 5.32. The molecule has 0 bridgehead atoms. The van der Waals surface area contributed by atoms with Gasteiger partial charge in [-0.15, -0.1) is 11.8 Å². The molecule has 0 aliphatic heterocycles. The minimum atomic E-state index is -0.114. The van der Waals surface area contributed by atoms with Crippen LogP contribution in [0.4, 0.5) is 5.69 Å². The molecule has 0 saturated carbocycles. The van der Waals surface area contributed by atoms with E-state index in [1.54, 1.807) is 11.8 Å². The van der Waals surface area contributed by atoms with Crippen LogP contribution in [-0.2, 0) is 4.79 Å². The van der Waals surface area contributed by atoms with Crippen LogP contribution in [0.25, 0.3) is 0 Å². The van der Waals surface area contributed by atoms with Crippen molar-refractivity contribution < 1.29 is 9.53 Å². The normalized spacial score (nSPS) is 11.8. The van der Waals surface area contributed by atoms with E-state index in [-0.39, 0.29) is 11.2 Å². The molecule has 2 aromatic carbocycles. The molecule has 0 radical (unpaired) electrons. The summed E-state index contributed by atoms with van der Waals surface area (Å²) in [6, 6.07) is 15.6. The molecule has 23 heavy (non-hydrogen) atoms. The maximum absolute atomic E-state index is 12.1. The van der Waals surface area contributed by atoms with Gasteiger partial charge in [0.2, 0.25) is 5.91 Å². The number of para-hydroxylation sites is 2. The number of carbonyl (C=O) groups excluding carboxylic acids is 1. The Morgan fingerprint density at radius 1 is 1.09 bits per heavy atom. The Bertz CT molecular complexity index is 623. The highest BCUT2D eigenvalue weighted by molar-refractivity contribution is 8.00. The van der Waals surface area contributed by atoms with E-state index in [0.29, 0.717) is 6.61 Å². The van der Waals surface area contributed by atoms with Gasteiger partial charge in [0, 0.05) is 11.4 Å². The molecule has 4 heteroatoms. The van der Waals surface area contributed by atoms with Gasteiger partial charge in [0.1, 0.15) is 5.75 Å². The van der Waals surface area contributed by atoms with Crippen molar-refractivity contribution in [3.8, 4) is 5.75 Å². The lowest BCUT2D eigenvalue weighted by Crippen LogP contribution is -2.23. The van der Waals surface area contributed by atoms with Crippen molar-refractivity contribution in [1.82, 2.24) is 0 Å². The number of nitrogens with one attached hydrogen (secondary N) is 1. The van der Waals surface area contributed by atoms with Crippen molar-refractivity contribution in [2.45, 2.75) is 26.0 Å². The predicted molar refractivity (Wildman–Crippen MR) is 98.4 cm³/mol. The molecular weight excluding hydrogens is 306 g/mol. The van der Waals surface area contributed by atoms with Crippen LogP contribution in [0, 0.1) is 13.8 Å². The molecule has 0 fully saturated rings. The van der Waals surface area contributed by atoms with Gasteiger partial charge in [0.05, 0.1) is 11.9 Å². The van der Waals surface area contributed by atoms with Gasteiger partial charge in [0.15, 0.2) is 0 Å². The van der Waals surface area contributed by atoms with E-state index in [2.05, 4.69) is 5.32 Å². The fraction of sp³-hybridized carbons (Fsp3) is 0.316. The molecule has 1 N–H and O–H groups in total. The third-order valence-electron chi connectivity index (χ3n) is 3.52. The van der Waals surface area contributed by atoms with Gasteiger partial charge in [-0.1, -0.05) is 36.4 Å². The van der Waals surface area contributed by atoms with Crippen LogP contribution in [-0.4, -0.2) is 23.5 Å². The average Bonchev–Trinajstić information content (AvgIpc) is 2.54. The van der Waals surface area contributed by atoms with Crippen LogP contribution in [0.2, 0.25) is 0 Å². The van der Waals surface area contributed by atoms with Gasteiger partial charge >= 0.3 is 0 Å². The summed E-state index contributed by atoms with van der Waals surface area (Å²) in [5.74, 6) is 1.75. The summed E-state index contributed by atoms with van der Waals surface area (Å²) in [6.07, 6.45) is 0. The number of hydrogen-bond donors (Lipinski definition) is 1. The lowest BCUT2D eigenvalue weighted by atomic mass is 10.1. The molecule has 0 aliphatic carbocycles. The number of amides is 1. The summed E-state index contributed by atoms with van der Waals surface area (Å²) < 4.78 is 5.86. The van der Waals surface area contributed by atoms with E-state index in [4.69, 9.17) is 4.74 Å². The molecule has 0 spiro atoms. The molecule has 0 heterocycles. The third-order valence-corrected chi connectivity index (χ3v) is 4.63. The van der Waals surface area contributed by atoms with Crippen molar-refractivity contribution in [2.75, 3.05) is 17.7 Å². The Morgan fingerprint density at radius 2 is 1.74 bits per heavy atom. The van der Waals surface area contributed by atoms with Gasteiger partial charge in [-0.3, -0.25) is 4.79 Å². The fourth-order valence-electron chi connectivity index (χ4n) is 2.24. The molecule has 0 aliphatic rings. The van der Waals surface area contributed by atoms with Crippen LogP contribution in [0.5, 0.6) is 5.75 Å². The number of hydrogen-bond acceptors (Lipinski definition) is 3. The summed E-state index contributed by atoms with van der Waals surface area (Å²) in [4.78, 5) is 12.1. The second-order valence-corrected chi connectivity index (χ2v) is 6.89. The second kappa shape index (κ2) is 8.63. The zero-order valence-corrected chi connectivity index (χ0v) is 14.7. The van der Waals surface area contributed by atoms with Gasteiger partial charge in [0.25, 0.3) is 0 Å². The Hall–Kier alpha value is -1.94. The van der Waals surface area contributed by atoms with E-state index < -0.39 is 0 Å². The van der Waals surface area contributed by atoms with Crippen molar-refractivity contribution in [2.24, 2.45) is 0 Å². The summed E-state index contributed by atoms with van der Waals surface area (Å²) in [5, 5.41) is 2.80. The van der Waals surface area contributed by atoms with E-state index in [9.17, 15) is 4.79 Å². The smallest absolute Gasteiger partial charge is 0.237 e. The average molecular weight is 329 g/mol. The standard InChI is InChI=1S/C19H23NO2S/c1-14-8-7-9-15(2)18(14)22-12-13-23-16(3)19(21)20-17-10-5-4-6-11-17/h4-11,16H,12-13H2,1-3H3,(H,20,21). The highest BCUT2D eigenvalue weighted by Crippen LogP contribution is 2.23. The second-order valence-electron chi connectivity index (χ2n) is 5.44. The van der Waals surface area contributed by atoms with Crippen LogP contribution in [0.3, 0.4) is 0 Å². The largest absolute Gasteiger partial charge is 0.492 e. The Morgan fingerprint density at radius 3 is 2.39 bits per heavy atom. The first kappa shape index (κ1) is 17.4. The number of anilines is 1. The number of carbonyl (C=O) groups is 1. The first-order valence-electron chi connectivity index (χ1n) is 7.74. The van der Waals surface area contributed by atoms with Crippen LogP contribution in [0.1, 0.15) is 18.1 Å². The number of benzene rings is 2.